The largest absolute Gasteiger partial charge is 0.462 e. The number of esters is 1. The van der Waals surface area contributed by atoms with E-state index in [1.807, 2.05) is 0 Å². The number of nitrogens with zero attached hydrogens (tertiary/aromatic N) is 1. The Labute approximate surface area is 170 Å². The number of carbonyl (C=O) groups excluding carboxylic acids is 2. The summed E-state index contributed by atoms with van der Waals surface area (Å²) in [6, 6.07) is 8.40. The Morgan fingerprint density at radius 1 is 1.25 bits per heavy atom. The average Bonchev–Trinajstić information content (AvgIpc) is 3.00. The molecule has 5 nitrogen and oxygen atoms in total. The second-order valence-corrected chi connectivity index (χ2v) is 8.41. The average molecular weight is 401 g/mol. The molecule has 0 saturated heterocycles. The van der Waals surface area contributed by atoms with Gasteiger partial charge in [0.05, 0.1) is 12.2 Å². The van der Waals surface area contributed by atoms with Gasteiger partial charge in [-0.2, -0.15) is 0 Å². The summed E-state index contributed by atoms with van der Waals surface area (Å²) in [5.41, 5.74) is 4.07. The van der Waals surface area contributed by atoms with Crippen LogP contribution in [0.5, 0.6) is 0 Å². The molecular formula is C22H28N2O3S. The predicted octanol–water partition coefficient (Wildman–Crippen LogP) is 4.18. The van der Waals surface area contributed by atoms with Crippen LogP contribution < -0.4 is 5.32 Å². The van der Waals surface area contributed by atoms with E-state index in [-0.39, 0.29) is 11.9 Å². The molecule has 28 heavy (non-hydrogen) atoms. The van der Waals surface area contributed by atoms with Crippen molar-refractivity contribution in [3.8, 4) is 0 Å². The van der Waals surface area contributed by atoms with E-state index in [9.17, 15) is 9.59 Å². The minimum absolute atomic E-state index is 0.0513. The second kappa shape index (κ2) is 9.34. The number of hydrogen-bond donors (Lipinski definition) is 1. The fraction of sp³-hybridized carbons (Fsp3) is 0.455. The third-order valence-corrected chi connectivity index (χ3v) is 6.10. The SMILES string of the molecule is CCOC(=O)c1c(NC(=O)CCCc2ccc(C)cc2)sc2c1CCN(C)C2. The Morgan fingerprint density at radius 2 is 2.00 bits per heavy atom. The maximum absolute atomic E-state index is 12.5. The summed E-state index contributed by atoms with van der Waals surface area (Å²) < 4.78 is 5.25. The quantitative estimate of drug-likeness (QED) is 0.708. The number of anilines is 1. The lowest BCUT2D eigenvalue weighted by atomic mass is 10.0. The summed E-state index contributed by atoms with van der Waals surface area (Å²) in [6.07, 6.45) is 2.88. The van der Waals surface area contributed by atoms with Gasteiger partial charge in [-0.25, -0.2) is 4.79 Å². The molecule has 0 spiro atoms. The van der Waals surface area contributed by atoms with E-state index in [1.54, 1.807) is 6.92 Å². The molecule has 0 aliphatic carbocycles. The van der Waals surface area contributed by atoms with E-state index in [0.29, 0.717) is 23.6 Å². The van der Waals surface area contributed by atoms with E-state index < -0.39 is 0 Å². The van der Waals surface area contributed by atoms with E-state index in [2.05, 4.69) is 48.5 Å². The molecule has 2 heterocycles. The van der Waals surface area contributed by atoms with Gasteiger partial charge in [0.25, 0.3) is 0 Å². The van der Waals surface area contributed by atoms with Gasteiger partial charge in [-0.15, -0.1) is 11.3 Å². The molecule has 0 bridgehead atoms. The standard InChI is InChI=1S/C22H28N2O3S/c1-4-27-22(26)20-17-12-13-24(3)14-18(17)28-21(20)23-19(25)7-5-6-16-10-8-15(2)9-11-16/h8-11H,4-7,12-14H2,1-3H3,(H,23,25). The first-order chi connectivity index (χ1) is 13.5. The van der Waals surface area contributed by atoms with Crippen LogP contribution in [0.25, 0.3) is 0 Å². The van der Waals surface area contributed by atoms with Crippen LogP contribution in [0.1, 0.15) is 51.7 Å². The van der Waals surface area contributed by atoms with Crippen molar-refractivity contribution in [3.63, 3.8) is 0 Å². The summed E-state index contributed by atoms with van der Waals surface area (Å²) in [4.78, 5) is 28.4. The maximum atomic E-state index is 12.5. The van der Waals surface area contributed by atoms with Gasteiger partial charge in [0.1, 0.15) is 5.00 Å². The maximum Gasteiger partial charge on any atom is 0.341 e. The molecule has 1 aliphatic heterocycles. The first kappa shape index (κ1) is 20.6. The summed E-state index contributed by atoms with van der Waals surface area (Å²) in [7, 11) is 2.07. The molecule has 3 rings (SSSR count). The molecule has 1 N–H and O–H groups in total. The molecule has 2 aromatic rings. The van der Waals surface area contributed by atoms with Crippen LogP contribution in [-0.4, -0.2) is 37.0 Å². The first-order valence-corrected chi connectivity index (χ1v) is 10.6. The molecular weight excluding hydrogens is 372 g/mol. The molecule has 0 saturated carbocycles. The summed E-state index contributed by atoms with van der Waals surface area (Å²) in [6.45, 7) is 5.90. The Balaban J connectivity index is 1.66. The number of thiophene rings is 1. The van der Waals surface area contributed by atoms with E-state index in [0.717, 1.165) is 42.8 Å². The zero-order valence-electron chi connectivity index (χ0n) is 16.8. The van der Waals surface area contributed by atoms with Crippen molar-refractivity contribution >= 4 is 28.2 Å². The lowest BCUT2D eigenvalue weighted by molar-refractivity contribution is -0.116. The minimum Gasteiger partial charge on any atom is -0.462 e. The van der Waals surface area contributed by atoms with Crippen LogP contribution in [0.4, 0.5) is 5.00 Å². The fourth-order valence-corrected chi connectivity index (χ4v) is 4.77. The fourth-order valence-electron chi connectivity index (χ4n) is 3.44. The molecule has 1 aromatic carbocycles. The smallest absolute Gasteiger partial charge is 0.341 e. The second-order valence-electron chi connectivity index (χ2n) is 7.30. The van der Waals surface area contributed by atoms with Crippen molar-refractivity contribution in [2.45, 2.75) is 46.1 Å². The number of nitrogens with one attached hydrogen (secondary N) is 1. The summed E-state index contributed by atoms with van der Waals surface area (Å²) in [5.74, 6) is -0.385. The van der Waals surface area contributed by atoms with Crippen molar-refractivity contribution < 1.29 is 14.3 Å². The summed E-state index contributed by atoms with van der Waals surface area (Å²) >= 11 is 1.51. The number of fused-ring (bicyclic) bond motifs is 1. The number of likely N-dealkylation sites (N-methyl/N-ethyl adjacent to an activating group) is 1. The van der Waals surface area contributed by atoms with Crippen molar-refractivity contribution in [3.05, 3.63) is 51.4 Å². The highest BCUT2D eigenvalue weighted by molar-refractivity contribution is 7.17. The van der Waals surface area contributed by atoms with E-state index in [1.165, 1.54) is 22.5 Å². The highest BCUT2D eigenvalue weighted by Gasteiger charge is 2.28. The predicted molar refractivity (Wildman–Crippen MR) is 113 cm³/mol. The van der Waals surface area contributed by atoms with Crippen LogP contribution >= 0.6 is 11.3 Å². The lowest BCUT2D eigenvalue weighted by Crippen LogP contribution is -2.26. The van der Waals surface area contributed by atoms with Crippen molar-refractivity contribution in [1.82, 2.24) is 4.90 Å². The zero-order valence-corrected chi connectivity index (χ0v) is 17.7. The molecule has 0 fully saturated rings. The number of amides is 1. The van der Waals surface area contributed by atoms with Crippen molar-refractivity contribution in [1.29, 1.82) is 0 Å². The first-order valence-electron chi connectivity index (χ1n) is 9.83. The van der Waals surface area contributed by atoms with Crippen molar-refractivity contribution in [2.24, 2.45) is 0 Å². The van der Waals surface area contributed by atoms with Crippen LogP contribution in [-0.2, 0) is 28.9 Å². The number of benzene rings is 1. The Kier molecular flexibility index (Phi) is 6.86. The third-order valence-electron chi connectivity index (χ3n) is 4.97. The van der Waals surface area contributed by atoms with Gasteiger partial charge in [0, 0.05) is 24.4 Å². The Morgan fingerprint density at radius 3 is 2.71 bits per heavy atom. The Hall–Kier alpha value is -2.18. The van der Waals surface area contributed by atoms with Crippen LogP contribution in [0.2, 0.25) is 0 Å². The van der Waals surface area contributed by atoms with E-state index >= 15 is 0 Å². The molecule has 0 radical (unpaired) electrons. The molecule has 0 atom stereocenters. The molecule has 1 amide bonds. The van der Waals surface area contributed by atoms with Gasteiger partial charge in [-0.05, 0) is 51.3 Å². The number of hydrogen-bond acceptors (Lipinski definition) is 5. The van der Waals surface area contributed by atoms with Crippen LogP contribution in [0.15, 0.2) is 24.3 Å². The van der Waals surface area contributed by atoms with Gasteiger partial charge in [0.15, 0.2) is 0 Å². The van der Waals surface area contributed by atoms with Gasteiger partial charge >= 0.3 is 5.97 Å². The van der Waals surface area contributed by atoms with Gasteiger partial charge < -0.3 is 15.0 Å². The highest BCUT2D eigenvalue weighted by atomic mass is 32.1. The lowest BCUT2D eigenvalue weighted by Gasteiger charge is -2.22. The zero-order chi connectivity index (χ0) is 20.1. The molecule has 0 unspecified atom stereocenters. The third kappa shape index (κ3) is 5.00. The molecule has 1 aliphatic rings. The Bertz CT molecular complexity index is 842. The van der Waals surface area contributed by atoms with Crippen LogP contribution in [0.3, 0.4) is 0 Å². The number of ether oxygens (including phenoxy) is 1. The van der Waals surface area contributed by atoms with Gasteiger partial charge in [-0.3, -0.25) is 4.79 Å². The molecule has 150 valence electrons. The molecule has 6 heteroatoms. The minimum atomic E-state index is -0.334. The van der Waals surface area contributed by atoms with Crippen molar-refractivity contribution in [2.75, 3.05) is 25.5 Å². The number of aryl methyl sites for hydroxylation is 2. The topological polar surface area (TPSA) is 58.6 Å². The van der Waals surface area contributed by atoms with E-state index in [4.69, 9.17) is 4.74 Å². The number of carbonyl (C=O) groups is 2. The summed E-state index contributed by atoms with van der Waals surface area (Å²) in [5, 5.41) is 3.62. The van der Waals surface area contributed by atoms with Crippen LogP contribution in [0, 0.1) is 6.92 Å². The molecule has 1 aromatic heterocycles. The van der Waals surface area contributed by atoms with Gasteiger partial charge in [0.2, 0.25) is 5.91 Å². The van der Waals surface area contributed by atoms with Gasteiger partial charge in [-0.1, -0.05) is 29.8 Å². The normalized spacial score (nSPS) is 13.8. The number of rotatable bonds is 7. The monoisotopic (exact) mass is 400 g/mol. The highest BCUT2D eigenvalue weighted by Crippen LogP contribution is 2.37.